The summed E-state index contributed by atoms with van der Waals surface area (Å²) in [6.07, 6.45) is 10.7. The fourth-order valence-corrected chi connectivity index (χ4v) is 9.00. The lowest BCUT2D eigenvalue weighted by Crippen LogP contribution is -2.29. The molecule has 0 N–H and O–H groups in total. The number of fused-ring (bicyclic) bond motifs is 2. The van der Waals surface area contributed by atoms with Crippen LogP contribution >= 0.6 is 0 Å². The van der Waals surface area contributed by atoms with E-state index in [1.54, 1.807) is 28.1 Å². The molecule has 0 radical (unpaired) electrons. The molecule has 1 aliphatic carbocycles. The SMILES string of the molecule is C=C(C)C(=O)OCCN1/C(=C/C=C2\CCC(/C=C/C3=[N+](CCOC(=O)C(=C)C)c4ccc(OC)cc4C3(C)C)=C2N(c2ccccc2)c2ccccc2)C(C)(C)c2cc(OC)ccc21. The Morgan fingerprint density at radius 2 is 1.30 bits per heavy atom. The van der Waals surface area contributed by atoms with Crippen molar-refractivity contribution in [1.29, 1.82) is 0 Å². The van der Waals surface area contributed by atoms with Gasteiger partial charge in [-0.15, -0.1) is 0 Å². The molecule has 2 heterocycles. The minimum Gasteiger partial charge on any atom is -0.497 e. The van der Waals surface area contributed by atoms with Gasteiger partial charge in [0.05, 0.1) is 31.9 Å². The fourth-order valence-electron chi connectivity index (χ4n) is 9.00. The smallest absolute Gasteiger partial charge is 0.333 e. The lowest BCUT2D eigenvalue weighted by atomic mass is 9.81. The maximum absolute atomic E-state index is 12.5. The number of hydrogen-bond donors (Lipinski definition) is 0. The maximum Gasteiger partial charge on any atom is 0.333 e. The van der Waals surface area contributed by atoms with E-state index in [4.69, 9.17) is 18.9 Å². The van der Waals surface area contributed by atoms with Gasteiger partial charge in [0.15, 0.2) is 18.9 Å². The number of para-hydroxylation sites is 2. The third-order valence-electron chi connectivity index (χ3n) is 12.4. The number of benzene rings is 4. The molecular weight excluding hydrogens is 799 g/mol. The molecule has 0 unspecified atom stereocenters. The van der Waals surface area contributed by atoms with Crippen LogP contribution in [0, 0.1) is 0 Å². The Morgan fingerprint density at radius 1 is 0.719 bits per heavy atom. The number of carbonyl (C=O) groups is 2. The topological polar surface area (TPSA) is 80.5 Å². The Labute approximate surface area is 378 Å². The van der Waals surface area contributed by atoms with Crippen LogP contribution in [0.2, 0.25) is 0 Å². The molecule has 0 saturated carbocycles. The third-order valence-corrected chi connectivity index (χ3v) is 12.4. The fraction of sp³-hybridized carbons (Fsp3) is 0.291. The predicted octanol–water partition coefficient (Wildman–Crippen LogP) is 11.4. The highest BCUT2D eigenvalue weighted by Gasteiger charge is 2.45. The molecule has 0 amide bonds. The van der Waals surface area contributed by atoms with Crippen molar-refractivity contribution in [2.24, 2.45) is 0 Å². The summed E-state index contributed by atoms with van der Waals surface area (Å²) < 4.78 is 24.9. The van der Waals surface area contributed by atoms with Crippen LogP contribution in [0.4, 0.5) is 22.7 Å². The van der Waals surface area contributed by atoms with Crippen LogP contribution in [0.1, 0.15) is 65.5 Å². The van der Waals surface area contributed by atoms with Gasteiger partial charge in [-0.1, -0.05) is 75.6 Å². The number of methoxy groups -OCH3 is 2. The molecule has 4 aromatic carbocycles. The third kappa shape index (κ3) is 8.98. The van der Waals surface area contributed by atoms with Gasteiger partial charge in [-0.2, -0.15) is 4.58 Å². The largest absolute Gasteiger partial charge is 0.497 e. The summed E-state index contributed by atoms with van der Waals surface area (Å²) in [4.78, 5) is 29.5. The van der Waals surface area contributed by atoms with Gasteiger partial charge in [0.2, 0.25) is 5.69 Å². The molecule has 9 nitrogen and oxygen atoms in total. The molecule has 7 rings (SSSR count). The first-order chi connectivity index (χ1) is 30.7. The van der Waals surface area contributed by atoms with Crippen molar-refractivity contribution in [3.63, 3.8) is 0 Å². The first-order valence-electron chi connectivity index (χ1n) is 21.8. The van der Waals surface area contributed by atoms with Crippen LogP contribution in [0.5, 0.6) is 11.5 Å². The summed E-state index contributed by atoms with van der Waals surface area (Å²) in [5, 5.41) is 0. The van der Waals surface area contributed by atoms with Crippen molar-refractivity contribution in [3.05, 3.63) is 179 Å². The molecule has 0 fully saturated rings. The van der Waals surface area contributed by atoms with Crippen LogP contribution in [0.25, 0.3) is 0 Å². The molecule has 3 aliphatic rings. The number of allylic oxidation sites excluding steroid dienone is 7. The molecule has 4 aromatic rings. The number of esters is 2. The molecule has 9 heteroatoms. The van der Waals surface area contributed by atoms with E-state index in [1.807, 2.05) is 24.3 Å². The van der Waals surface area contributed by atoms with Crippen molar-refractivity contribution in [2.45, 2.75) is 65.2 Å². The molecule has 0 bridgehead atoms. The number of anilines is 3. The van der Waals surface area contributed by atoms with Gasteiger partial charge in [-0.05, 0) is 118 Å². The van der Waals surface area contributed by atoms with Gasteiger partial charge in [-0.3, -0.25) is 0 Å². The predicted molar refractivity (Wildman–Crippen MR) is 257 cm³/mol. The van der Waals surface area contributed by atoms with E-state index < -0.39 is 22.8 Å². The number of nitrogens with zero attached hydrogens (tertiary/aromatic N) is 3. The molecule has 0 spiro atoms. The van der Waals surface area contributed by atoms with Gasteiger partial charge < -0.3 is 28.7 Å². The molecule has 0 atom stereocenters. The summed E-state index contributed by atoms with van der Waals surface area (Å²) >= 11 is 0. The molecule has 0 aromatic heterocycles. The lowest BCUT2D eigenvalue weighted by Gasteiger charge is -2.29. The second-order valence-electron chi connectivity index (χ2n) is 17.5. The standard InChI is InChI=1S/C55H60N3O6/c1-37(2)52(59)63-33-31-56-47-27-25-43(61-9)35-45(47)54(5,6)49(56)29-23-39-21-22-40(51(39)58(41-17-13-11-14-18-41)42-19-15-12-16-20-42)24-30-50-55(7,8)46-36-44(62-10)26-28-48(46)57(50)32-34-64-53(60)38(3)4/h11-20,23-30,35-36H,1,3,21-22,31-34H2,2,4-10H3/q+1. The number of hydrogen-bond acceptors (Lipinski definition) is 8. The lowest BCUT2D eigenvalue weighted by molar-refractivity contribution is -0.440. The minimum atomic E-state index is -0.401. The zero-order chi connectivity index (χ0) is 45.8. The second-order valence-corrected chi connectivity index (χ2v) is 17.5. The maximum atomic E-state index is 12.5. The van der Waals surface area contributed by atoms with Gasteiger partial charge in [0.1, 0.15) is 18.1 Å². The van der Waals surface area contributed by atoms with E-state index in [9.17, 15) is 9.59 Å². The van der Waals surface area contributed by atoms with Crippen LogP contribution in [0.3, 0.4) is 0 Å². The average Bonchev–Trinajstić information content (AvgIpc) is 3.85. The summed E-state index contributed by atoms with van der Waals surface area (Å²) in [6.45, 7) is 21.1. The number of carbonyl (C=O) groups excluding carboxylic acids is 2. The molecule has 64 heavy (non-hydrogen) atoms. The van der Waals surface area contributed by atoms with Crippen LogP contribution in [-0.4, -0.2) is 62.7 Å². The minimum absolute atomic E-state index is 0.205. The number of ether oxygens (including phenoxy) is 4. The second kappa shape index (κ2) is 18.9. The Bertz CT molecular complexity index is 2590. The van der Waals surface area contributed by atoms with Crippen molar-refractivity contribution < 1.29 is 33.1 Å². The quantitative estimate of drug-likeness (QED) is 0.0626. The Balaban J connectivity index is 1.38. The van der Waals surface area contributed by atoms with Crippen LogP contribution in [0.15, 0.2) is 168 Å². The first-order valence-corrected chi connectivity index (χ1v) is 21.8. The Hall–Kier alpha value is -6.87. The van der Waals surface area contributed by atoms with E-state index >= 15 is 0 Å². The van der Waals surface area contributed by atoms with Crippen molar-refractivity contribution in [3.8, 4) is 11.5 Å². The van der Waals surface area contributed by atoms with Crippen molar-refractivity contribution in [2.75, 3.05) is 50.3 Å². The monoisotopic (exact) mass is 858 g/mol. The van der Waals surface area contributed by atoms with Crippen LogP contribution in [-0.2, 0) is 29.9 Å². The van der Waals surface area contributed by atoms with Gasteiger partial charge >= 0.3 is 11.9 Å². The molecule has 2 aliphatic heterocycles. The average molecular weight is 859 g/mol. The summed E-state index contributed by atoms with van der Waals surface area (Å²) in [5.41, 5.74) is 12.1. The number of rotatable bonds is 16. The summed E-state index contributed by atoms with van der Waals surface area (Å²) in [6, 6.07) is 33.4. The zero-order valence-electron chi connectivity index (χ0n) is 38.5. The Morgan fingerprint density at radius 3 is 1.89 bits per heavy atom. The highest BCUT2D eigenvalue weighted by atomic mass is 16.5. The van der Waals surface area contributed by atoms with E-state index in [-0.39, 0.29) is 13.2 Å². The zero-order valence-corrected chi connectivity index (χ0v) is 38.5. The van der Waals surface area contributed by atoms with Gasteiger partial charge in [0.25, 0.3) is 0 Å². The van der Waals surface area contributed by atoms with E-state index in [1.165, 1.54) is 11.1 Å². The molecule has 330 valence electrons. The highest BCUT2D eigenvalue weighted by molar-refractivity contribution is 6.03. The summed E-state index contributed by atoms with van der Waals surface area (Å²) in [7, 11) is 3.37. The van der Waals surface area contributed by atoms with Crippen LogP contribution < -0.4 is 19.3 Å². The molecular formula is C55H60N3O6+. The first kappa shape index (κ1) is 45.2. The van der Waals surface area contributed by atoms with Crippen molar-refractivity contribution >= 4 is 40.4 Å². The normalized spacial score (nSPS) is 17.2. The van der Waals surface area contributed by atoms with Gasteiger partial charge in [0, 0.05) is 57.0 Å². The van der Waals surface area contributed by atoms with Gasteiger partial charge in [-0.25, -0.2) is 9.59 Å². The summed E-state index contributed by atoms with van der Waals surface area (Å²) in [5.74, 6) is 0.773. The van der Waals surface area contributed by atoms with Crippen molar-refractivity contribution in [1.82, 2.24) is 0 Å². The highest BCUT2D eigenvalue weighted by Crippen LogP contribution is 2.50. The van der Waals surface area contributed by atoms with E-state index in [0.717, 1.165) is 75.3 Å². The van der Waals surface area contributed by atoms with E-state index in [2.05, 4.69) is 152 Å². The Kier molecular flexibility index (Phi) is 13.3. The van der Waals surface area contributed by atoms with E-state index in [0.29, 0.717) is 24.2 Å². The molecule has 0 saturated heterocycles.